The number of carbonyl (C=O) groups is 3. The Hall–Kier alpha value is -1.65. The first-order chi connectivity index (χ1) is 18.0. The topological polar surface area (TPSA) is 120 Å². The molecular weight excluding hydrogens is 502 g/mol. The summed E-state index contributed by atoms with van der Waals surface area (Å²) in [5, 5.41) is 14.5. The molecule has 224 valence electrons. The number of nitrogens with one attached hydrogen (secondary N) is 1. The minimum atomic E-state index is -1.59. The molecule has 0 amide bonds. The van der Waals surface area contributed by atoms with Crippen LogP contribution in [0.1, 0.15) is 81.6 Å². The Balaban J connectivity index is 2.61. The third-order valence-electron chi connectivity index (χ3n) is 8.76. The summed E-state index contributed by atoms with van der Waals surface area (Å²) in [4.78, 5) is 40.4. The zero-order valence-corrected chi connectivity index (χ0v) is 25.7. The van der Waals surface area contributed by atoms with Gasteiger partial charge < -0.3 is 29.4 Å². The molecule has 1 fully saturated rings. The number of ether oxygens (including phenoxy) is 4. The standard InChI is InChI=1S/C30H51NO8/c1-12-23-29(8,35)14-16(2)24(32)17(3)15-30(9,36-11)26(20(6)25(33)21(7)27(34)38-23)39-28-19(5)22(31-10)13-18(4)37-28/h14,17-23,26,28,31,35H,12-13,15H2,1-11H3/b16-14+/t17-,18-,19-,20+,21-,22+,23-,26-,28+,29+,30-/m1/s1. The molecule has 9 heteroatoms. The van der Waals surface area contributed by atoms with E-state index in [0.717, 1.165) is 6.42 Å². The number of hydrogen-bond acceptors (Lipinski definition) is 9. The van der Waals surface area contributed by atoms with Gasteiger partial charge in [0.2, 0.25) is 0 Å². The molecular formula is C30H51NO8. The number of allylic oxidation sites excluding steroid dienone is 1. The first kappa shape index (κ1) is 33.6. The monoisotopic (exact) mass is 553 g/mol. The molecule has 0 spiro atoms. The molecule has 0 aromatic carbocycles. The zero-order valence-electron chi connectivity index (χ0n) is 25.7. The van der Waals surface area contributed by atoms with Crippen molar-refractivity contribution in [1.82, 2.24) is 5.32 Å². The Morgan fingerprint density at radius 2 is 1.74 bits per heavy atom. The van der Waals surface area contributed by atoms with Gasteiger partial charge in [0.15, 0.2) is 17.9 Å². The summed E-state index contributed by atoms with van der Waals surface area (Å²) in [6, 6.07) is 0.151. The SMILES string of the molecule is CC[C@H]1OC(=O)[C@H](C)C(=O)[C@H](C)[C@@H](O[C@@H]2O[C@H](C)C[C@H](NC)[C@H]2C)[C@](C)(OC)C[C@@H](C)C(=O)/C(C)=C/[C@]1(C)O. The molecule has 1 saturated heterocycles. The molecule has 2 rings (SSSR count). The fourth-order valence-corrected chi connectivity index (χ4v) is 6.17. The Bertz CT molecular complexity index is 917. The third-order valence-corrected chi connectivity index (χ3v) is 8.76. The summed E-state index contributed by atoms with van der Waals surface area (Å²) in [7, 11) is 3.44. The van der Waals surface area contributed by atoms with Crippen molar-refractivity contribution in [3.05, 3.63) is 11.6 Å². The van der Waals surface area contributed by atoms with Crippen molar-refractivity contribution in [2.24, 2.45) is 23.7 Å². The maximum absolute atomic E-state index is 13.8. The molecule has 11 atom stereocenters. The molecule has 2 aliphatic heterocycles. The molecule has 0 aliphatic carbocycles. The highest BCUT2D eigenvalue weighted by atomic mass is 16.7. The maximum Gasteiger partial charge on any atom is 0.316 e. The molecule has 2 N–H and O–H groups in total. The summed E-state index contributed by atoms with van der Waals surface area (Å²) >= 11 is 0. The number of esters is 1. The fraction of sp³-hybridized carbons (Fsp3) is 0.833. The van der Waals surface area contributed by atoms with Gasteiger partial charge in [-0.25, -0.2) is 0 Å². The largest absolute Gasteiger partial charge is 0.458 e. The minimum absolute atomic E-state index is 0.0260. The van der Waals surface area contributed by atoms with E-state index in [1.807, 2.05) is 27.8 Å². The van der Waals surface area contributed by atoms with Crippen molar-refractivity contribution >= 4 is 17.5 Å². The van der Waals surface area contributed by atoms with Gasteiger partial charge in [0, 0.05) is 30.9 Å². The molecule has 0 aromatic heterocycles. The van der Waals surface area contributed by atoms with Crippen LogP contribution in [0.4, 0.5) is 0 Å². The van der Waals surface area contributed by atoms with Crippen LogP contribution in [0.15, 0.2) is 11.6 Å². The van der Waals surface area contributed by atoms with Crippen molar-refractivity contribution in [1.29, 1.82) is 0 Å². The van der Waals surface area contributed by atoms with Gasteiger partial charge in [-0.15, -0.1) is 0 Å². The highest BCUT2D eigenvalue weighted by Crippen LogP contribution is 2.37. The third kappa shape index (κ3) is 7.55. The second-order valence-corrected chi connectivity index (χ2v) is 12.1. The number of Topliss-reactive ketones (excluding diaryl/α,β-unsaturated/α-hetero) is 2. The van der Waals surface area contributed by atoms with Crippen LogP contribution in [0.3, 0.4) is 0 Å². The Morgan fingerprint density at radius 1 is 1.13 bits per heavy atom. The van der Waals surface area contributed by atoms with E-state index in [-0.39, 0.29) is 36.1 Å². The predicted octanol–water partition coefficient (Wildman–Crippen LogP) is 3.61. The summed E-state index contributed by atoms with van der Waals surface area (Å²) in [5.41, 5.74) is -2.30. The predicted molar refractivity (Wildman–Crippen MR) is 148 cm³/mol. The minimum Gasteiger partial charge on any atom is -0.458 e. The normalized spacial score (nSPS) is 44.8. The highest BCUT2D eigenvalue weighted by molar-refractivity contribution is 6.00. The molecule has 2 aliphatic rings. The smallest absolute Gasteiger partial charge is 0.316 e. The Morgan fingerprint density at radius 3 is 2.28 bits per heavy atom. The van der Waals surface area contributed by atoms with Crippen molar-refractivity contribution in [3.8, 4) is 0 Å². The van der Waals surface area contributed by atoms with Gasteiger partial charge in [-0.05, 0) is 72.6 Å². The first-order valence-electron chi connectivity index (χ1n) is 14.3. The van der Waals surface area contributed by atoms with Gasteiger partial charge in [0.25, 0.3) is 0 Å². The summed E-state index contributed by atoms with van der Waals surface area (Å²) < 4.78 is 24.5. The van der Waals surface area contributed by atoms with Crippen LogP contribution in [0, 0.1) is 23.7 Å². The van der Waals surface area contributed by atoms with E-state index in [4.69, 9.17) is 18.9 Å². The van der Waals surface area contributed by atoms with Gasteiger partial charge in [-0.2, -0.15) is 0 Å². The van der Waals surface area contributed by atoms with E-state index in [0.29, 0.717) is 12.0 Å². The molecule has 9 nitrogen and oxygen atoms in total. The van der Waals surface area contributed by atoms with E-state index >= 15 is 0 Å². The summed E-state index contributed by atoms with van der Waals surface area (Å²) in [6.07, 6.45) is 0.372. The van der Waals surface area contributed by atoms with Crippen molar-refractivity contribution in [3.63, 3.8) is 0 Å². The highest BCUT2D eigenvalue weighted by Gasteiger charge is 2.49. The molecule has 39 heavy (non-hydrogen) atoms. The zero-order chi connectivity index (χ0) is 29.9. The van der Waals surface area contributed by atoms with E-state index < -0.39 is 53.4 Å². The van der Waals surface area contributed by atoms with Crippen LogP contribution >= 0.6 is 0 Å². The molecule has 0 radical (unpaired) electrons. The van der Waals surface area contributed by atoms with Crippen LogP contribution in [0.5, 0.6) is 0 Å². The van der Waals surface area contributed by atoms with Crippen LogP contribution in [0.25, 0.3) is 0 Å². The number of methoxy groups -OCH3 is 1. The van der Waals surface area contributed by atoms with Crippen molar-refractivity contribution in [2.75, 3.05) is 14.2 Å². The van der Waals surface area contributed by atoms with Gasteiger partial charge in [0.05, 0.1) is 17.8 Å². The van der Waals surface area contributed by atoms with E-state index in [1.165, 1.54) is 27.0 Å². The summed E-state index contributed by atoms with van der Waals surface area (Å²) in [6.45, 7) is 15.8. The molecule has 0 unspecified atom stereocenters. The quantitative estimate of drug-likeness (QED) is 0.389. The molecule has 0 aromatic rings. The Kier molecular flexibility index (Phi) is 11.5. The average Bonchev–Trinajstić information content (AvgIpc) is 2.88. The lowest BCUT2D eigenvalue weighted by Gasteiger charge is -2.46. The lowest BCUT2D eigenvalue weighted by molar-refractivity contribution is -0.276. The van der Waals surface area contributed by atoms with E-state index in [1.54, 1.807) is 27.7 Å². The van der Waals surface area contributed by atoms with Gasteiger partial charge >= 0.3 is 5.97 Å². The van der Waals surface area contributed by atoms with Crippen LogP contribution < -0.4 is 5.32 Å². The van der Waals surface area contributed by atoms with Crippen LogP contribution in [-0.2, 0) is 33.3 Å². The van der Waals surface area contributed by atoms with Crippen LogP contribution in [0.2, 0.25) is 0 Å². The van der Waals surface area contributed by atoms with E-state index in [2.05, 4.69) is 5.32 Å². The van der Waals surface area contributed by atoms with E-state index in [9.17, 15) is 19.5 Å². The number of rotatable bonds is 5. The molecule has 2 heterocycles. The van der Waals surface area contributed by atoms with Gasteiger partial charge in [-0.1, -0.05) is 27.7 Å². The lowest BCUT2D eigenvalue weighted by Crippen LogP contribution is -2.56. The fourth-order valence-electron chi connectivity index (χ4n) is 6.17. The number of hydrogen-bond donors (Lipinski definition) is 2. The van der Waals surface area contributed by atoms with Gasteiger partial charge in [-0.3, -0.25) is 14.4 Å². The average molecular weight is 554 g/mol. The number of aliphatic hydroxyl groups is 1. The first-order valence-corrected chi connectivity index (χ1v) is 14.3. The van der Waals surface area contributed by atoms with Crippen molar-refractivity contribution in [2.45, 2.75) is 123 Å². The van der Waals surface area contributed by atoms with Gasteiger partial charge in [0.1, 0.15) is 17.6 Å². The molecule has 0 bridgehead atoms. The lowest BCUT2D eigenvalue weighted by atomic mass is 9.77. The summed E-state index contributed by atoms with van der Waals surface area (Å²) in [5.74, 6) is -3.69. The number of carbonyl (C=O) groups excluding carboxylic acids is 3. The Labute approximate surface area is 234 Å². The second kappa shape index (κ2) is 13.3. The number of ketones is 2. The maximum atomic E-state index is 13.8. The van der Waals surface area contributed by atoms with Crippen molar-refractivity contribution < 1.29 is 38.4 Å². The molecule has 0 saturated carbocycles. The van der Waals surface area contributed by atoms with Crippen LogP contribution in [-0.4, -0.2) is 78.6 Å². The second-order valence-electron chi connectivity index (χ2n) is 12.1. The number of cyclic esters (lactones) is 1.